The van der Waals surface area contributed by atoms with Gasteiger partial charge in [0, 0.05) is 0 Å². The van der Waals surface area contributed by atoms with Crippen LogP contribution >= 0.6 is 0 Å². The van der Waals surface area contributed by atoms with Crippen molar-refractivity contribution in [2.75, 3.05) is 0 Å². The van der Waals surface area contributed by atoms with Crippen molar-refractivity contribution in [1.29, 1.82) is 0 Å². The Morgan fingerprint density at radius 2 is 1.85 bits per heavy atom. The highest BCUT2D eigenvalue weighted by Crippen LogP contribution is 2.32. The van der Waals surface area contributed by atoms with Gasteiger partial charge in [-0.2, -0.15) is 0 Å². The highest BCUT2D eigenvalue weighted by Gasteiger charge is 2.26. The average Bonchev–Trinajstić information content (AvgIpc) is 2.48. The lowest BCUT2D eigenvalue weighted by Crippen LogP contribution is -2.17. The Labute approximate surface area is 79.0 Å². The molecule has 1 nitrogen and oxygen atoms in total. The summed E-state index contributed by atoms with van der Waals surface area (Å²) in [5, 5.41) is 0. The van der Waals surface area contributed by atoms with E-state index in [1.165, 1.54) is 5.56 Å². The molecule has 13 heavy (non-hydrogen) atoms. The molecule has 0 saturated heterocycles. The summed E-state index contributed by atoms with van der Waals surface area (Å²) in [6, 6.07) is 10.3. The monoisotopic (exact) mass is 174 g/mol. The van der Waals surface area contributed by atoms with Gasteiger partial charge in [0.25, 0.3) is 0 Å². The first-order valence-electron chi connectivity index (χ1n) is 4.59. The van der Waals surface area contributed by atoms with Gasteiger partial charge in [0.1, 0.15) is 6.10 Å². The third kappa shape index (κ3) is 1.81. The molecule has 1 aliphatic heterocycles. The van der Waals surface area contributed by atoms with Gasteiger partial charge in [-0.1, -0.05) is 42.5 Å². The van der Waals surface area contributed by atoms with Crippen LogP contribution in [0.15, 0.2) is 42.5 Å². The van der Waals surface area contributed by atoms with E-state index in [1.54, 1.807) is 0 Å². The van der Waals surface area contributed by atoms with E-state index in [9.17, 15) is 0 Å². The molecule has 0 aliphatic carbocycles. The smallest absolute Gasteiger partial charge is 0.102 e. The molecule has 0 saturated carbocycles. The Morgan fingerprint density at radius 3 is 2.38 bits per heavy atom. The number of hydrogen-bond donors (Lipinski definition) is 0. The minimum absolute atomic E-state index is 0.111. The molecule has 0 radical (unpaired) electrons. The largest absolute Gasteiger partial charge is 0.359 e. The third-order valence-electron chi connectivity index (χ3n) is 2.23. The summed E-state index contributed by atoms with van der Waals surface area (Å²) in [5.41, 5.74) is 1.12. The fraction of sp³-hybridized carbons (Fsp3) is 0.333. The minimum atomic E-state index is -0.111. The zero-order chi connectivity index (χ0) is 9.31. The van der Waals surface area contributed by atoms with Gasteiger partial charge in [-0.05, 0) is 19.4 Å². The van der Waals surface area contributed by atoms with Crippen LogP contribution in [0.2, 0.25) is 0 Å². The van der Waals surface area contributed by atoms with Crippen LogP contribution in [0.3, 0.4) is 0 Å². The maximum Gasteiger partial charge on any atom is 0.102 e. The highest BCUT2D eigenvalue weighted by atomic mass is 16.5. The first-order valence-corrected chi connectivity index (χ1v) is 4.59. The van der Waals surface area contributed by atoms with E-state index < -0.39 is 0 Å². The Kier molecular flexibility index (Phi) is 1.97. The lowest BCUT2D eigenvalue weighted by atomic mass is 10.1. The van der Waals surface area contributed by atoms with Crippen LogP contribution in [0, 0.1) is 0 Å². The van der Waals surface area contributed by atoms with Crippen molar-refractivity contribution in [1.82, 2.24) is 0 Å². The van der Waals surface area contributed by atoms with Gasteiger partial charge in [0.15, 0.2) is 0 Å². The van der Waals surface area contributed by atoms with Crippen LogP contribution < -0.4 is 0 Å². The standard InChI is InChI=1S/C12H14O/c1-12(2)9-8-11(13-12)10-6-4-3-5-7-10/h3-9,11H,1-2H3/t11-/m1/s1. The molecule has 68 valence electrons. The third-order valence-corrected chi connectivity index (χ3v) is 2.23. The van der Waals surface area contributed by atoms with E-state index in [-0.39, 0.29) is 11.7 Å². The molecule has 1 atom stereocenters. The lowest BCUT2D eigenvalue weighted by molar-refractivity contribution is 0.000844. The van der Waals surface area contributed by atoms with E-state index in [0.29, 0.717) is 0 Å². The fourth-order valence-corrected chi connectivity index (χ4v) is 1.55. The van der Waals surface area contributed by atoms with E-state index >= 15 is 0 Å². The second kappa shape index (κ2) is 3.00. The molecule has 1 heteroatoms. The van der Waals surface area contributed by atoms with Gasteiger partial charge in [0.2, 0.25) is 0 Å². The van der Waals surface area contributed by atoms with Crippen molar-refractivity contribution in [2.24, 2.45) is 0 Å². The molecule has 2 rings (SSSR count). The van der Waals surface area contributed by atoms with Crippen LogP contribution in [0.1, 0.15) is 25.5 Å². The predicted molar refractivity (Wildman–Crippen MR) is 53.5 cm³/mol. The van der Waals surface area contributed by atoms with Crippen molar-refractivity contribution in [2.45, 2.75) is 25.6 Å². The van der Waals surface area contributed by atoms with Crippen LogP contribution in [-0.2, 0) is 4.74 Å². The van der Waals surface area contributed by atoms with Crippen LogP contribution in [0.5, 0.6) is 0 Å². The average molecular weight is 174 g/mol. The molecule has 0 aromatic heterocycles. The molecule has 0 unspecified atom stereocenters. The van der Waals surface area contributed by atoms with Gasteiger partial charge in [0.05, 0.1) is 5.60 Å². The quantitative estimate of drug-likeness (QED) is 0.594. The maximum absolute atomic E-state index is 5.82. The summed E-state index contributed by atoms with van der Waals surface area (Å²) < 4.78 is 5.82. The zero-order valence-corrected chi connectivity index (χ0v) is 8.03. The summed E-state index contributed by atoms with van der Waals surface area (Å²) in [6.07, 6.45) is 4.37. The van der Waals surface area contributed by atoms with Crippen LogP contribution in [0.25, 0.3) is 0 Å². The van der Waals surface area contributed by atoms with Crippen LogP contribution in [0.4, 0.5) is 0 Å². The topological polar surface area (TPSA) is 9.23 Å². The van der Waals surface area contributed by atoms with Crippen molar-refractivity contribution in [3.8, 4) is 0 Å². The number of ether oxygens (including phenoxy) is 1. The number of rotatable bonds is 1. The first kappa shape index (κ1) is 8.52. The van der Waals surface area contributed by atoms with Gasteiger partial charge in [-0.15, -0.1) is 0 Å². The van der Waals surface area contributed by atoms with E-state index in [2.05, 4.69) is 38.1 Å². The molecule has 0 amide bonds. The second-order valence-electron chi connectivity index (χ2n) is 3.91. The molecule has 0 spiro atoms. The van der Waals surface area contributed by atoms with E-state index in [1.807, 2.05) is 18.2 Å². The fourth-order valence-electron chi connectivity index (χ4n) is 1.55. The molecule has 0 bridgehead atoms. The van der Waals surface area contributed by atoms with Crippen molar-refractivity contribution in [3.63, 3.8) is 0 Å². The Bertz CT molecular complexity index is 311. The molecular formula is C12H14O. The molecule has 1 heterocycles. The second-order valence-corrected chi connectivity index (χ2v) is 3.91. The van der Waals surface area contributed by atoms with Gasteiger partial charge >= 0.3 is 0 Å². The zero-order valence-electron chi connectivity index (χ0n) is 8.03. The molecule has 0 N–H and O–H groups in total. The Balaban J connectivity index is 2.19. The van der Waals surface area contributed by atoms with Gasteiger partial charge in [-0.25, -0.2) is 0 Å². The number of hydrogen-bond acceptors (Lipinski definition) is 1. The molecule has 1 aromatic rings. The Morgan fingerprint density at radius 1 is 1.15 bits per heavy atom. The van der Waals surface area contributed by atoms with Gasteiger partial charge in [-0.3, -0.25) is 0 Å². The summed E-state index contributed by atoms with van der Waals surface area (Å²) in [5.74, 6) is 0. The SMILES string of the molecule is CC1(C)C=C[C@H](c2ccccc2)O1. The maximum atomic E-state index is 5.82. The summed E-state index contributed by atoms with van der Waals surface area (Å²) in [6.45, 7) is 4.15. The molecular weight excluding hydrogens is 160 g/mol. The first-order chi connectivity index (χ1) is 6.17. The van der Waals surface area contributed by atoms with Crippen molar-refractivity contribution >= 4 is 0 Å². The molecule has 1 aromatic carbocycles. The predicted octanol–water partition coefficient (Wildman–Crippen LogP) is 3.09. The van der Waals surface area contributed by atoms with E-state index in [4.69, 9.17) is 4.74 Å². The highest BCUT2D eigenvalue weighted by molar-refractivity contribution is 5.25. The van der Waals surface area contributed by atoms with E-state index in [0.717, 1.165) is 0 Å². The number of benzene rings is 1. The summed E-state index contributed by atoms with van der Waals surface area (Å²) >= 11 is 0. The summed E-state index contributed by atoms with van der Waals surface area (Å²) in [7, 11) is 0. The van der Waals surface area contributed by atoms with Crippen LogP contribution in [-0.4, -0.2) is 5.60 Å². The Hall–Kier alpha value is -1.08. The minimum Gasteiger partial charge on any atom is -0.359 e. The summed E-state index contributed by atoms with van der Waals surface area (Å²) in [4.78, 5) is 0. The van der Waals surface area contributed by atoms with Crippen molar-refractivity contribution < 1.29 is 4.74 Å². The molecule has 0 fully saturated rings. The lowest BCUT2D eigenvalue weighted by Gasteiger charge is -2.19. The van der Waals surface area contributed by atoms with Gasteiger partial charge < -0.3 is 4.74 Å². The normalized spacial score (nSPS) is 24.9. The molecule has 1 aliphatic rings. The van der Waals surface area contributed by atoms with Crippen molar-refractivity contribution in [3.05, 3.63) is 48.0 Å².